The van der Waals surface area contributed by atoms with Crippen LogP contribution < -0.4 is 14.9 Å². The predicted molar refractivity (Wildman–Crippen MR) is 123 cm³/mol. The van der Waals surface area contributed by atoms with Gasteiger partial charge in [-0.25, -0.2) is 13.4 Å². The number of sulfonamides is 1. The Morgan fingerprint density at radius 2 is 1.81 bits per heavy atom. The van der Waals surface area contributed by atoms with E-state index in [1.165, 1.54) is 6.20 Å². The number of aromatic nitrogens is 1. The lowest BCUT2D eigenvalue weighted by Crippen LogP contribution is -2.45. The van der Waals surface area contributed by atoms with Crippen molar-refractivity contribution >= 4 is 27.4 Å². The third-order valence-electron chi connectivity index (χ3n) is 5.61. The topological polar surface area (TPSA) is 94.6 Å². The molecule has 1 aromatic carbocycles. The molecule has 0 atom stereocenters. The Hall–Kier alpha value is -2.65. The monoisotopic (exact) mass is 445 g/mol. The number of pyridine rings is 1. The molecule has 1 aliphatic heterocycles. The minimum Gasteiger partial charge on any atom is -0.353 e. The molecule has 9 heteroatoms. The zero-order valence-corrected chi connectivity index (χ0v) is 19.4. The molecule has 0 unspecified atom stereocenters. The van der Waals surface area contributed by atoms with E-state index in [9.17, 15) is 13.2 Å². The number of carbonyl (C=O) groups is 1. The molecular formula is C22H31N5O3S. The van der Waals surface area contributed by atoms with Gasteiger partial charge in [0.2, 0.25) is 0 Å². The summed E-state index contributed by atoms with van der Waals surface area (Å²) in [6, 6.07) is 6.60. The van der Waals surface area contributed by atoms with Crippen molar-refractivity contribution in [2.24, 2.45) is 0 Å². The number of aryl methyl sites for hydroxylation is 2. The molecule has 8 nitrogen and oxygen atoms in total. The molecule has 0 spiro atoms. The van der Waals surface area contributed by atoms with E-state index in [2.05, 4.69) is 19.9 Å². The Morgan fingerprint density at radius 3 is 2.42 bits per heavy atom. The van der Waals surface area contributed by atoms with E-state index in [-0.39, 0.29) is 16.5 Å². The smallest absolute Gasteiger partial charge is 0.261 e. The van der Waals surface area contributed by atoms with Crippen LogP contribution >= 0.6 is 0 Å². The second-order valence-corrected chi connectivity index (χ2v) is 9.34. The third kappa shape index (κ3) is 5.16. The van der Waals surface area contributed by atoms with E-state index >= 15 is 0 Å². The molecule has 2 aromatic rings. The number of hydrogen-bond donors (Lipinski definition) is 2. The summed E-state index contributed by atoms with van der Waals surface area (Å²) < 4.78 is 28.4. The molecule has 0 aliphatic carbocycles. The molecule has 1 aromatic heterocycles. The largest absolute Gasteiger partial charge is 0.353 e. The molecule has 2 N–H and O–H groups in total. The number of nitrogens with one attached hydrogen (secondary N) is 2. The lowest BCUT2D eigenvalue weighted by Gasteiger charge is -2.31. The van der Waals surface area contributed by atoms with Crippen molar-refractivity contribution in [3.05, 3.63) is 47.2 Å². The fourth-order valence-electron chi connectivity index (χ4n) is 3.58. The fraction of sp³-hybridized carbons (Fsp3) is 0.455. The minimum atomic E-state index is -3.80. The van der Waals surface area contributed by atoms with Gasteiger partial charge in [0.1, 0.15) is 5.82 Å². The van der Waals surface area contributed by atoms with Crippen molar-refractivity contribution in [1.29, 1.82) is 0 Å². The summed E-state index contributed by atoms with van der Waals surface area (Å²) in [6.45, 7) is 11.9. The Labute approximate surface area is 184 Å². The highest BCUT2D eigenvalue weighted by atomic mass is 32.2. The quantitative estimate of drug-likeness (QED) is 0.680. The van der Waals surface area contributed by atoms with Crippen LogP contribution in [-0.2, 0) is 10.0 Å². The first-order chi connectivity index (χ1) is 14.8. The predicted octanol–water partition coefficient (Wildman–Crippen LogP) is 2.39. The van der Waals surface area contributed by atoms with Gasteiger partial charge in [0.05, 0.1) is 22.3 Å². The minimum absolute atomic E-state index is 0.154. The van der Waals surface area contributed by atoms with Crippen LogP contribution in [0.3, 0.4) is 0 Å². The van der Waals surface area contributed by atoms with Gasteiger partial charge < -0.3 is 15.1 Å². The van der Waals surface area contributed by atoms with Gasteiger partial charge in [0.25, 0.3) is 15.9 Å². The Balaban J connectivity index is 1.98. The van der Waals surface area contributed by atoms with Crippen molar-refractivity contribution in [3.63, 3.8) is 0 Å². The Kier molecular flexibility index (Phi) is 7.17. The highest BCUT2D eigenvalue weighted by Crippen LogP contribution is 2.25. The molecule has 1 saturated heterocycles. The van der Waals surface area contributed by atoms with Gasteiger partial charge in [-0.05, 0) is 57.0 Å². The zero-order valence-electron chi connectivity index (χ0n) is 18.6. The highest BCUT2D eigenvalue weighted by molar-refractivity contribution is 7.92. The molecule has 0 saturated carbocycles. The van der Waals surface area contributed by atoms with Crippen molar-refractivity contribution in [1.82, 2.24) is 15.2 Å². The first kappa shape index (κ1) is 23.0. The zero-order chi connectivity index (χ0) is 22.6. The number of benzene rings is 1. The number of hydrogen-bond acceptors (Lipinski definition) is 6. The van der Waals surface area contributed by atoms with Crippen LogP contribution in [0.15, 0.2) is 35.4 Å². The maximum absolute atomic E-state index is 13.2. The highest BCUT2D eigenvalue weighted by Gasteiger charge is 2.24. The summed E-state index contributed by atoms with van der Waals surface area (Å²) in [6.07, 6.45) is 1.48. The van der Waals surface area contributed by atoms with Crippen LogP contribution in [0.2, 0.25) is 0 Å². The first-order valence-electron chi connectivity index (χ1n) is 10.6. The van der Waals surface area contributed by atoms with Crippen LogP contribution in [0.5, 0.6) is 0 Å². The molecule has 1 amide bonds. The number of amides is 1. The molecule has 1 aliphatic rings. The number of piperazine rings is 1. The van der Waals surface area contributed by atoms with Crippen molar-refractivity contribution in [3.8, 4) is 0 Å². The molecule has 168 valence electrons. The number of anilines is 2. The third-order valence-corrected chi connectivity index (χ3v) is 6.98. The van der Waals surface area contributed by atoms with Gasteiger partial charge in [-0.2, -0.15) is 0 Å². The normalized spacial score (nSPS) is 14.4. The SMILES string of the molecule is CCN(CC)C(=O)c1cc(NS(=O)(=O)c2ccc(C)c(C)c2)cnc1N1CCNCC1. The van der Waals surface area contributed by atoms with E-state index in [0.717, 1.165) is 37.3 Å². The van der Waals surface area contributed by atoms with Gasteiger partial charge >= 0.3 is 0 Å². The molecule has 2 heterocycles. The molecule has 31 heavy (non-hydrogen) atoms. The van der Waals surface area contributed by atoms with Crippen LogP contribution in [0.25, 0.3) is 0 Å². The lowest BCUT2D eigenvalue weighted by atomic mass is 10.1. The van der Waals surface area contributed by atoms with E-state index in [4.69, 9.17) is 0 Å². The van der Waals surface area contributed by atoms with Crippen LogP contribution in [0, 0.1) is 13.8 Å². The van der Waals surface area contributed by atoms with Gasteiger partial charge in [0, 0.05) is 39.3 Å². The summed E-state index contributed by atoms with van der Waals surface area (Å²) in [7, 11) is -3.80. The second kappa shape index (κ2) is 9.65. The van der Waals surface area contributed by atoms with Gasteiger partial charge in [-0.1, -0.05) is 6.07 Å². The van der Waals surface area contributed by atoms with Crippen molar-refractivity contribution < 1.29 is 13.2 Å². The van der Waals surface area contributed by atoms with E-state index in [1.54, 1.807) is 29.2 Å². The maximum atomic E-state index is 13.2. The number of carbonyl (C=O) groups excluding carboxylic acids is 1. The fourth-order valence-corrected chi connectivity index (χ4v) is 4.69. The van der Waals surface area contributed by atoms with E-state index in [1.807, 2.05) is 27.7 Å². The van der Waals surface area contributed by atoms with E-state index in [0.29, 0.717) is 24.5 Å². The van der Waals surface area contributed by atoms with Crippen molar-refractivity contribution in [2.75, 3.05) is 48.9 Å². The number of nitrogens with zero attached hydrogens (tertiary/aromatic N) is 3. The molecule has 0 radical (unpaired) electrons. The molecule has 1 fully saturated rings. The summed E-state index contributed by atoms with van der Waals surface area (Å²) >= 11 is 0. The summed E-state index contributed by atoms with van der Waals surface area (Å²) in [5, 5.41) is 3.29. The lowest BCUT2D eigenvalue weighted by molar-refractivity contribution is 0.0773. The van der Waals surface area contributed by atoms with Crippen LogP contribution in [0.4, 0.5) is 11.5 Å². The van der Waals surface area contributed by atoms with Crippen LogP contribution in [0.1, 0.15) is 35.3 Å². The standard InChI is InChI=1S/C22H31N5O3S/c1-5-26(6-2)22(28)20-14-18(15-24-21(20)27-11-9-23-10-12-27)25-31(29,30)19-8-7-16(3)17(4)13-19/h7-8,13-15,23,25H,5-6,9-12H2,1-4H3. The summed E-state index contributed by atoms with van der Waals surface area (Å²) in [5.74, 6) is 0.436. The Bertz CT molecular complexity index is 1050. The summed E-state index contributed by atoms with van der Waals surface area (Å²) in [4.78, 5) is 21.7. The average molecular weight is 446 g/mol. The average Bonchev–Trinajstić information content (AvgIpc) is 2.76. The van der Waals surface area contributed by atoms with Gasteiger partial charge in [0.15, 0.2) is 0 Å². The van der Waals surface area contributed by atoms with Gasteiger partial charge in [-0.15, -0.1) is 0 Å². The molecular weight excluding hydrogens is 414 g/mol. The Morgan fingerprint density at radius 1 is 1.13 bits per heavy atom. The van der Waals surface area contributed by atoms with Crippen LogP contribution in [-0.4, -0.2) is 63.5 Å². The van der Waals surface area contributed by atoms with E-state index < -0.39 is 10.0 Å². The molecule has 3 rings (SSSR count). The number of rotatable bonds is 7. The summed E-state index contributed by atoms with van der Waals surface area (Å²) in [5.41, 5.74) is 2.60. The maximum Gasteiger partial charge on any atom is 0.261 e. The molecule has 0 bridgehead atoms. The van der Waals surface area contributed by atoms with Gasteiger partial charge in [-0.3, -0.25) is 9.52 Å². The first-order valence-corrected chi connectivity index (χ1v) is 12.1. The van der Waals surface area contributed by atoms with Crippen molar-refractivity contribution in [2.45, 2.75) is 32.6 Å². The second-order valence-electron chi connectivity index (χ2n) is 7.66.